The Hall–Kier alpha value is -2.73. The number of nitrogens with zero attached hydrogens (tertiary/aromatic N) is 2. The normalized spacial score (nSPS) is 24.4. The Balaban J connectivity index is 1.36. The van der Waals surface area contributed by atoms with Crippen LogP contribution in [0, 0.1) is 22.0 Å². The summed E-state index contributed by atoms with van der Waals surface area (Å²) >= 11 is 0. The summed E-state index contributed by atoms with van der Waals surface area (Å²) in [6.45, 7) is 2.96. The predicted octanol–water partition coefficient (Wildman–Crippen LogP) is 3.98. The number of piperidine rings is 1. The van der Waals surface area contributed by atoms with Crippen molar-refractivity contribution in [2.24, 2.45) is 11.8 Å². The van der Waals surface area contributed by atoms with Crippen LogP contribution in [0.4, 0.5) is 5.69 Å². The van der Waals surface area contributed by atoms with E-state index in [0.717, 1.165) is 38.0 Å². The van der Waals surface area contributed by atoms with E-state index in [1.54, 1.807) is 12.1 Å². The number of nitro groups is 1. The molecular weight excluding hydrogens is 380 g/mol. The first-order valence-corrected chi connectivity index (χ1v) is 10.6. The topological polar surface area (TPSA) is 72.7 Å². The van der Waals surface area contributed by atoms with E-state index in [1.807, 2.05) is 0 Å². The van der Waals surface area contributed by atoms with Crippen molar-refractivity contribution in [2.45, 2.75) is 31.1 Å². The van der Waals surface area contributed by atoms with Crippen LogP contribution < -0.4 is 0 Å². The lowest BCUT2D eigenvalue weighted by atomic mass is 9.89. The minimum Gasteiger partial charge on any atom is -0.468 e. The molecule has 0 amide bonds. The third kappa shape index (κ3) is 4.10. The molecule has 0 radical (unpaired) electrons. The van der Waals surface area contributed by atoms with Crippen LogP contribution in [0.1, 0.15) is 30.4 Å². The number of likely N-dealkylation sites (tertiary alicyclic amines) is 1. The number of hydrogen-bond acceptors (Lipinski definition) is 5. The fourth-order valence-electron chi connectivity index (χ4n) is 4.97. The van der Waals surface area contributed by atoms with Gasteiger partial charge in [-0.1, -0.05) is 42.5 Å². The van der Waals surface area contributed by atoms with Crippen molar-refractivity contribution in [3.8, 4) is 0 Å². The zero-order valence-corrected chi connectivity index (χ0v) is 17.3. The summed E-state index contributed by atoms with van der Waals surface area (Å²) in [6, 6.07) is 17.0. The van der Waals surface area contributed by atoms with E-state index >= 15 is 0 Å². The van der Waals surface area contributed by atoms with E-state index < -0.39 is 10.3 Å². The second kappa shape index (κ2) is 8.56. The summed E-state index contributed by atoms with van der Waals surface area (Å²) in [4.78, 5) is 25.6. The highest BCUT2D eigenvalue weighted by molar-refractivity contribution is 5.87. The van der Waals surface area contributed by atoms with Gasteiger partial charge in [0.1, 0.15) is 0 Å². The molecule has 1 saturated carbocycles. The van der Waals surface area contributed by atoms with Gasteiger partial charge < -0.3 is 9.64 Å². The number of rotatable bonds is 7. The number of methoxy groups -OCH3 is 1. The molecule has 0 bridgehead atoms. The summed E-state index contributed by atoms with van der Waals surface area (Å²) in [5.41, 5.74) is 1.60. The number of esters is 1. The molecule has 6 nitrogen and oxygen atoms in total. The van der Waals surface area contributed by atoms with Crippen LogP contribution in [0.5, 0.6) is 0 Å². The molecule has 158 valence electrons. The average Bonchev–Trinajstić information content (AvgIpc) is 3.50. The molecule has 0 spiro atoms. The maximum absolute atomic E-state index is 12.6. The molecule has 30 heavy (non-hydrogen) atoms. The Morgan fingerprint density at radius 3 is 2.40 bits per heavy atom. The third-order valence-electron chi connectivity index (χ3n) is 6.80. The molecule has 2 atom stereocenters. The van der Waals surface area contributed by atoms with E-state index in [9.17, 15) is 14.9 Å². The van der Waals surface area contributed by atoms with E-state index in [-0.39, 0.29) is 17.6 Å². The van der Waals surface area contributed by atoms with Crippen LogP contribution in [0.25, 0.3) is 0 Å². The van der Waals surface area contributed by atoms with Crippen molar-refractivity contribution in [3.05, 3.63) is 75.8 Å². The van der Waals surface area contributed by atoms with Crippen molar-refractivity contribution in [3.63, 3.8) is 0 Å². The fourth-order valence-corrected chi connectivity index (χ4v) is 4.97. The largest absolute Gasteiger partial charge is 0.468 e. The number of nitro benzene ring substituents is 1. The highest BCUT2D eigenvalue weighted by atomic mass is 16.6. The molecular formula is C24H28N2O4. The highest BCUT2D eigenvalue weighted by Gasteiger charge is 2.62. The Labute approximate surface area is 177 Å². The maximum atomic E-state index is 12.6. The van der Waals surface area contributed by atoms with Crippen LogP contribution in [0.2, 0.25) is 0 Å². The number of carbonyl (C=O) groups is 1. The van der Waals surface area contributed by atoms with Crippen molar-refractivity contribution in [1.29, 1.82) is 0 Å². The highest BCUT2D eigenvalue weighted by Crippen LogP contribution is 2.55. The minimum atomic E-state index is -0.662. The molecule has 0 unspecified atom stereocenters. The van der Waals surface area contributed by atoms with Gasteiger partial charge in [-0.3, -0.25) is 14.9 Å². The van der Waals surface area contributed by atoms with E-state index in [4.69, 9.17) is 4.74 Å². The van der Waals surface area contributed by atoms with Crippen LogP contribution in [0.3, 0.4) is 0 Å². The van der Waals surface area contributed by atoms with Gasteiger partial charge in [0, 0.05) is 18.7 Å². The van der Waals surface area contributed by atoms with Gasteiger partial charge in [-0.2, -0.15) is 0 Å². The SMILES string of the molecule is COC(=O)[C@]1(c2ccc([N+](=O)[O-])cc2)C[C@@H]1CN1CCC(Cc2ccccc2)CC1. The van der Waals surface area contributed by atoms with E-state index in [0.29, 0.717) is 5.92 Å². The van der Waals surface area contributed by atoms with Gasteiger partial charge in [0.05, 0.1) is 17.4 Å². The number of carbonyl (C=O) groups excluding carboxylic acids is 1. The maximum Gasteiger partial charge on any atom is 0.316 e. The number of hydrogen-bond donors (Lipinski definition) is 0. The monoisotopic (exact) mass is 408 g/mol. The molecule has 1 heterocycles. The first-order chi connectivity index (χ1) is 14.5. The molecule has 1 aliphatic heterocycles. The second-order valence-corrected chi connectivity index (χ2v) is 8.60. The van der Waals surface area contributed by atoms with Gasteiger partial charge >= 0.3 is 5.97 Å². The Bertz CT molecular complexity index is 891. The Morgan fingerprint density at radius 2 is 1.80 bits per heavy atom. The lowest BCUT2D eigenvalue weighted by Crippen LogP contribution is -2.37. The van der Waals surface area contributed by atoms with Crippen molar-refractivity contribution < 1.29 is 14.5 Å². The lowest BCUT2D eigenvalue weighted by molar-refractivity contribution is -0.384. The van der Waals surface area contributed by atoms with Gasteiger partial charge in [-0.05, 0) is 61.7 Å². The molecule has 1 aliphatic carbocycles. The van der Waals surface area contributed by atoms with E-state index in [1.165, 1.54) is 37.6 Å². The van der Waals surface area contributed by atoms with Crippen LogP contribution in [-0.2, 0) is 21.4 Å². The number of benzene rings is 2. The van der Waals surface area contributed by atoms with Crippen LogP contribution in [0.15, 0.2) is 54.6 Å². The van der Waals surface area contributed by atoms with Gasteiger partial charge in [-0.25, -0.2) is 0 Å². The molecule has 0 aromatic heterocycles. The van der Waals surface area contributed by atoms with Crippen molar-refractivity contribution >= 4 is 11.7 Å². The fraction of sp³-hybridized carbons (Fsp3) is 0.458. The minimum absolute atomic E-state index is 0.0384. The predicted molar refractivity (Wildman–Crippen MR) is 114 cm³/mol. The molecule has 1 saturated heterocycles. The summed E-state index contributed by atoms with van der Waals surface area (Å²) in [6.07, 6.45) is 4.21. The third-order valence-corrected chi connectivity index (χ3v) is 6.80. The summed E-state index contributed by atoms with van der Waals surface area (Å²) < 4.78 is 5.12. The number of ether oxygens (including phenoxy) is 1. The molecule has 6 heteroatoms. The van der Waals surface area contributed by atoms with Gasteiger partial charge in [0.25, 0.3) is 5.69 Å². The lowest BCUT2D eigenvalue weighted by Gasteiger charge is -2.32. The average molecular weight is 408 g/mol. The van der Waals surface area contributed by atoms with Crippen LogP contribution >= 0.6 is 0 Å². The van der Waals surface area contributed by atoms with Gasteiger partial charge in [0.2, 0.25) is 0 Å². The molecule has 2 aromatic rings. The van der Waals surface area contributed by atoms with E-state index in [2.05, 4.69) is 35.2 Å². The Kier molecular flexibility index (Phi) is 5.86. The first kappa shape index (κ1) is 20.5. The van der Waals surface area contributed by atoms with Crippen molar-refractivity contribution in [1.82, 2.24) is 4.90 Å². The zero-order valence-electron chi connectivity index (χ0n) is 17.3. The molecule has 2 fully saturated rings. The quantitative estimate of drug-likeness (QED) is 0.394. The molecule has 4 rings (SSSR count). The zero-order chi connectivity index (χ0) is 21.1. The Morgan fingerprint density at radius 1 is 1.13 bits per heavy atom. The van der Waals surface area contributed by atoms with Crippen molar-refractivity contribution in [2.75, 3.05) is 26.7 Å². The standard InChI is InChI=1S/C24H28N2O4/c1-30-23(27)24(20-7-9-22(10-8-20)26(28)29)16-21(24)17-25-13-11-19(12-14-25)15-18-5-3-2-4-6-18/h2-10,19,21H,11-17H2,1H3/t21-,24+/m1/s1. The number of non-ortho nitro benzene ring substituents is 1. The van der Waals surface area contributed by atoms with Crippen LogP contribution in [-0.4, -0.2) is 42.5 Å². The van der Waals surface area contributed by atoms with Gasteiger partial charge in [0.15, 0.2) is 0 Å². The first-order valence-electron chi connectivity index (χ1n) is 10.6. The molecule has 2 aliphatic rings. The summed E-state index contributed by atoms with van der Waals surface area (Å²) in [5, 5.41) is 10.9. The summed E-state index contributed by atoms with van der Waals surface area (Å²) in [5.74, 6) is 0.667. The molecule has 2 aromatic carbocycles. The smallest absolute Gasteiger partial charge is 0.316 e. The second-order valence-electron chi connectivity index (χ2n) is 8.60. The molecule has 0 N–H and O–H groups in total. The van der Waals surface area contributed by atoms with Gasteiger partial charge in [-0.15, -0.1) is 0 Å². The summed E-state index contributed by atoms with van der Waals surface area (Å²) in [7, 11) is 1.42.